The maximum atomic E-state index is 14.6. The number of piperidine rings is 1. The van der Waals surface area contributed by atoms with Gasteiger partial charge in [-0.15, -0.1) is 0 Å². The summed E-state index contributed by atoms with van der Waals surface area (Å²) in [5.41, 5.74) is 2.82. The largest absolute Gasteiger partial charge is 0.341 e. The Balaban J connectivity index is 1.41. The molecule has 0 N–H and O–H groups in total. The summed E-state index contributed by atoms with van der Waals surface area (Å²) in [5, 5.41) is 0. The Bertz CT molecular complexity index is 947. The van der Waals surface area contributed by atoms with Crippen LogP contribution in [0.3, 0.4) is 0 Å². The average molecular weight is 414 g/mol. The molecule has 0 radical (unpaired) electrons. The molecule has 7 heteroatoms. The standard InChI is InChI=1S/C19H17BrFN5/c20-13-8-23-19(24-9-13)25-6-4-12(5-7-25)18-17-14(2-1-3-15(17)21)16-10-22-11-26(16)18/h1-3,8-12,18H,4-7H2. The zero-order valence-corrected chi connectivity index (χ0v) is 15.6. The molecule has 1 unspecified atom stereocenters. The zero-order chi connectivity index (χ0) is 17.7. The second-order valence-corrected chi connectivity index (χ2v) is 7.77. The van der Waals surface area contributed by atoms with Crippen LogP contribution < -0.4 is 4.90 Å². The van der Waals surface area contributed by atoms with Gasteiger partial charge in [-0.05, 0) is 40.8 Å². The molecule has 2 aromatic heterocycles. The first kappa shape index (κ1) is 15.9. The zero-order valence-electron chi connectivity index (χ0n) is 14.0. The second kappa shape index (κ2) is 6.16. The topological polar surface area (TPSA) is 46.8 Å². The fourth-order valence-electron chi connectivity index (χ4n) is 4.28. The number of halogens is 2. The molecule has 132 valence electrons. The van der Waals surface area contributed by atoms with Crippen molar-refractivity contribution < 1.29 is 4.39 Å². The maximum absolute atomic E-state index is 14.6. The number of nitrogens with zero attached hydrogens (tertiary/aromatic N) is 5. The summed E-state index contributed by atoms with van der Waals surface area (Å²) in [5.74, 6) is 1.01. The fourth-order valence-corrected chi connectivity index (χ4v) is 4.49. The van der Waals surface area contributed by atoms with Crippen LogP contribution in [0.4, 0.5) is 10.3 Å². The van der Waals surface area contributed by atoms with Crippen LogP contribution in [0, 0.1) is 11.7 Å². The van der Waals surface area contributed by atoms with Crippen LogP contribution >= 0.6 is 15.9 Å². The third-order valence-corrected chi connectivity index (χ3v) is 5.88. The molecule has 2 aliphatic heterocycles. The van der Waals surface area contributed by atoms with E-state index >= 15 is 0 Å². The number of imidazole rings is 1. The van der Waals surface area contributed by atoms with Crippen molar-refractivity contribution in [1.82, 2.24) is 19.5 Å². The Morgan fingerprint density at radius 3 is 2.62 bits per heavy atom. The molecule has 3 aromatic rings. The quantitative estimate of drug-likeness (QED) is 0.635. The second-order valence-electron chi connectivity index (χ2n) is 6.86. The highest BCUT2D eigenvalue weighted by atomic mass is 79.9. The van der Waals surface area contributed by atoms with Gasteiger partial charge >= 0.3 is 0 Å². The van der Waals surface area contributed by atoms with Gasteiger partial charge < -0.3 is 9.47 Å². The molecule has 1 saturated heterocycles. The number of fused-ring (bicyclic) bond motifs is 3. The first-order chi connectivity index (χ1) is 12.7. The molecule has 26 heavy (non-hydrogen) atoms. The highest BCUT2D eigenvalue weighted by Gasteiger charge is 2.38. The Labute approximate surface area is 159 Å². The van der Waals surface area contributed by atoms with E-state index in [0.29, 0.717) is 5.92 Å². The maximum Gasteiger partial charge on any atom is 0.225 e. The van der Waals surface area contributed by atoms with Gasteiger partial charge in [-0.1, -0.05) is 12.1 Å². The summed E-state index contributed by atoms with van der Waals surface area (Å²) in [6, 6.07) is 5.37. The van der Waals surface area contributed by atoms with Crippen molar-refractivity contribution in [3.63, 3.8) is 0 Å². The van der Waals surface area contributed by atoms with Crippen molar-refractivity contribution in [2.45, 2.75) is 18.9 Å². The smallest absolute Gasteiger partial charge is 0.225 e. The minimum Gasteiger partial charge on any atom is -0.341 e. The van der Waals surface area contributed by atoms with Gasteiger partial charge in [-0.25, -0.2) is 19.3 Å². The van der Waals surface area contributed by atoms with E-state index in [2.05, 4.69) is 40.3 Å². The molecular weight excluding hydrogens is 397 g/mol. The fraction of sp³-hybridized carbons (Fsp3) is 0.316. The van der Waals surface area contributed by atoms with Crippen molar-refractivity contribution in [1.29, 1.82) is 0 Å². The lowest BCUT2D eigenvalue weighted by Gasteiger charge is -2.35. The van der Waals surface area contributed by atoms with Gasteiger partial charge in [0, 0.05) is 36.6 Å². The summed E-state index contributed by atoms with van der Waals surface area (Å²) < 4.78 is 17.7. The van der Waals surface area contributed by atoms with Crippen molar-refractivity contribution in [3.05, 3.63) is 59.0 Å². The van der Waals surface area contributed by atoms with Crippen LogP contribution in [0.2, 0.25) is 0 Å². The van der Waals surface area contributed by atoms with E-state index in [1.54, 1.807) is 24.5 Å². The highest BCUT2D eigenvalue weighted by Crippen LogP contribution is 2.46. The van der Waals surface area contributed by atoms with E-state index in [-0.39, 0.29) is 11.9 Å². The van der Waals surface area contributed by atoms with Crippen LogP contribution in [-0.4, -0.2) is 32.6 Å². The van der Waals surface area contributed by atoms with Crippen molar-refractivity contribution >= 4 is 21.9 Å². The monoisotopic (exact) mass is 413 g/mol. The SMILES string of the molecule is Fc1cccc2c1C(C1CCN(c3ncc(Br)cn3)CC1)n1cncc1-2. The summed E-state index contributed by atoms with van der Waals surface area (Å²) in [4.78, 5) is 15.3. The van der Waals surface area contributed by atoms with Crippen molar-refractivity contribution in [2.75, 3.05) is 18.0 Å². The predicted molar refractivity (Wildman–Crippen MR) is 100 cm³/mol. The average Bonchev–Trinajstić information content (AvgIpc) is 3.24. The predicted octanol–water partition coefficient (Wildman–Crippen LogP) is 4.06. The molecule has 0 amide bonds. The molecular formula is C19H17BrFN5. The number of hydrogen-bond donors (Lipinski definition) is 0. The molecule has 1 fully saturated rings. The summed E-state index contributed by atoms with van der Waals surface area (Å²) >= 11 is 3.37. The summed E-state index contributed by atoms with van der Waals surface area (Å²) in [7, 11) is 0. The highest BCUT2D eigenvalue weighted by molar-refractivity contribution is 9.10. The van der Waals surface area contributed by atoms with Gasteiger partial charge in [0.05, 0.1) is 28.7 Å². The Kier molecular flexibility index (Phi) is 3.77. The van der Waals surface area contributed by atoms with E-state index < -0.39 is 0 Å². The van der Waals surface area contributed by atoms with E-state index in [9.17, 15) is 4.39 Å². The molecule has 0 spiro atoms. The van der Waals surface area contributed by atoms with E-state index in [0.717, 1.165) is 53.2 Å². The van der Waals surface area contributed by atoms with Gasteiger partial charge in [-0.3, -0.25) is 0 Å². The lowest BCUT2D eigenvalue weighted by atomic mass is 9.85. The van der Waals surface area contributed by atoms with Gasteiger partial charge in [0.2, 0.25) is 5.95 Å². The summed E-state index contributed by atoms with van der Waals surface area (Å²) in [6.45, 7) is 1.74. The third kappa shape index (κ3) is 2.45. The lowest BCUT2D eigenvalue weighted by molar-refractivity contribution is 0.310. The number of benzene rings is 1. The van der Waals surface area contributed by atoms with Gasteiger partial charge in [0.25, 0.3) is 0 Å². The molecule has 1 aromatic carbocycles. The normalized spacial score (nSPS) is 19.5. The minimum atomic E-state index is -0.116. The van der Waals surface area contributed by atoms with E-state index in [1.807, 2.05) is 18.6 Å². The van der Waals surface area contributed by atoms with Crippen LogP contribution in [0.15, 0.2) is 47.6 Å². The molecule has 0 saturated carbocycles. The third-order valence-electron chi connectivity index (χ3n) is 5.47. The van der Waals surface area contributed by atoms with Gasteiger partial charge in [-0.2, -0.15) is 0 Å². The molecule has 4 heterocycles. The minimum absolute atomic E-state index is 0.0247. The van der Waals surface area contributed by atoms with E-state index in [1.165, 1.54) is 0 Å². The summed E-state index contributed by atoms with van der Waals surface area (Å²) in [6.07, 6.45) is 9.15. The van der Waals surface area contributed by atoms with Gasteiger partial charge in [0.15, 0.2) is 0 Å². The lowest BCUT2D eigenvalue weighted by Crippen LogP contribution is -2.37. The van der Waals surface area contributed by atoms with E-state index in [4.69, 9.17) is 0 Å². The Morgan fingerprint density at radius 2 is 1.85 bits per heavy atom. The van der Waals surface area contributed by atoms with Crippen molar-refractivity contribution in [3.8, 4) is 11.3 Å². The number of hydrogen-bond acceptors (Lipinski definition) is 4. The number of rotatable bonds is 2. The van der Waals surface area contributed by atoms with Crippen LogP contribution in [0.25, 0.3) is 11.3 Å². The van der Waals surface area contributed by atoms with Crippen LogP contribution in [-0.2, 0) is 0 Å². The first-order valence-electron chi connectivity index (χ1n) is 8.75. The van der Waals surface area contributed by atoms with Gasteiger partial charge in [0.1, 0.15) is 5.82 Å². The van der Waals surface area contributed by atoms with Crippen LogP contribution in [0.5, 0.6) is 0 Å². The number of anilines is 1. The van der Waals surface area contributed by atoms with Crippen molar-refractivity contribution in [2.24, 2.45) is 5.92 Å². The molecule has 5 rings (SSSR count). The molecule has 2 aliphatic rings. The first-order valence-corrected chi connectivity index (χ1v) is 9.55. The Morgan fingerprint density at radius 1 is 1.08 bits per heavy atom. The van der Waals surface area contributed by atoms with Crippen LogP contribution in [0.1, 0.15) is 24.4 Å². The molecule has 1 atom stereocenters. The molecule has 5 nitrogen and oxygen atoms in total. The Hall–Kier alpha value is -2.28. The molecule has 0 aliphatic carbocycles. The number of aromatic nitrogens is 4. The molecule has 0 bridgehead atoms.